The first-order valence-corrected chi connectivity index (χ1v) is 16.9. The van der Waals surface area contributed by atoms with Gasteiger partial charge in [-0.25, -0.2) is 15.0 Å². The van der Waals surface area contributed by atoms with Crippen molar-refractivity contribution in [2.75, 3.05) is 0 Å². The molecule has 0 N–H and O–H groups in total. The van der Waals surface area contributed by atoms with E-state index in [1.54, 1.807) is 0 Å². The van der Waals surface area contributed by atoms with Crippen LogP contribution in [0.15, 0.2) is 152 Å². The fourth-order valence-electron chi connectivity index (χ4n) is 8.29. The zero-order chi connectivity index (χ0) is 32.7. The molecule has 0 saturated heterocycles. The molecule has 0 saturated carbocycles. The van der Waals surface area contributed by atoms with E-state index in [0.717, 1.165) is 22.3 Å². The van der Waals surface area contributed by atoms with E-state index in [4.69, 9.17) is 15.0 Å². The molecule has 49 heavy (non-hydrogen) atoms. The van der Waals surface area contributed by atoms with Crippen LogP contribution < -0.4 is 0 Å². The molecule has 0 unspecified atom stereocenters. The van der Waals surface area contributed by atoms with Gasteiger partial charge in [0.15, 0.2) is 17.5 Å². The minimum Gasteiger partial charge on any atom is -0.208 e. The molecule has 10 rings (SSSR count). The van der Waals surface area contributed by atoms with Gasteiger partial charge >= 0.3 is 0 Å². The molecule has 0 bridgehead atoms. The SMILES string of the molecule is CC1(C)c2cccc3c2-c2c(ccc(-c4ccccc4-c4nc(-c5ccccc5)nc(-c5ccccc5)n4)c21)-c1cccc2cccc-3c12. The van der Waals surface area contributed by atoms with Gasteiger partial charge in [-0.3, -0.25) is 0 Å². The van der Waals surface area contributed by atoms with Crippen molar-refractivity contribution in [3.05, 3.63) is 163 Å². The first-order valence-electron chi connectivity index (χ1n) is 16.9. The Labute approximate surface area is 285 Å². The summed E-state index contributed by atoms with van der Waals surface area (Å²) in [6.07, 6.45) is 0. The molecule has 2 aliphatic carbocycles. The van der Waals surface area contributed by atoms with Crippen LogP contribution in [0.25, 0.3) is 89.4 Å². The summed E-state index contributed by atoms with van der Waals surface area (Å²) in [7, 11) is 0. The van der Waals surface area contributed by atoms with Crippen molar-refractivity contribution < 1.29 is 0 Å². The summed E-state index contributed by atoms with van der Waals surface area (Å²) < 4.78 is 0. The van der Waals surface area contributed by atoms with Crippen LogP contribution in [-0.4, -0.2) is 15.0 Å². The highest BCUT2D eigenvalue weighted by Crippen LogP contribution is 2.60. The van der Waals surface area contributed by atoms with Crippen LogP contribution in [0.5, 0.6) is 0 Å². The summed E-state index contributed by atoms with van der Waals surface area (Å²) in [6, 6.07) is 54.0. The zero-order valence-corrected chi connectivity index (χ0v) is 27.3. The maximum atomic E-state index is 5.14. The Morgan fingerprint density at radius 1 is 0.367 bits per heavy atom. The average molecular weight is 626 g/mol. The van der Waals surface area contributed by atoms with Crippen molar-refractivity contribution in [3.8, 4) is 78.7 Å². The van der Waals surface area contributed by atoms with Crippen LogP contribution in [-0.2, 0) is 5.41 Å². The van der Waals surface area contributed by atoms with E-state index in [1.165, 1.54) is 60.8 Å². The molecular weight excluding hydrogens is 595 g/mol. The molecule has 1 heterocycles. The molecular formula is C46H31N3. The van der Waals surface area contributed by atoms with Crippen molar-refractivity contribution in [1.29, 1.82) is 0 Å². The van der Waals surface area contributed by atoms with Gasteiger partial charge in [0.2, 0.25) is 0 Å². The summed E-state index contributed by atoms with van der Waals surface area (Å²) in [4.78, 5) is 15.3. The maximum Gasteiger partial charge on any atom is 0.164 e. The molecule has 8 aromatic rings. The van der Waals surface area contributed by atoms with E-state index in [9.17, 15) is 0 Å². The van der Waals surface area contributed by atoms with Gasteiger partial charge in [-0.05, 0) is 66.4 Å². The zero-order valence-electron chi connectivity index (χ0n) is 27.3. The summed E-state index contributed by atoms with van der Waals surface area (Å²) in [6.45, 7) is 4.77. The van der Waals surface area contributed by atoms with Crippen LogP contribution in [0.2, 0.25) is 0 Å². The standard InChI is InChI=1S/C46H31N3/c1-46(2)38-25-13-24-34-32-22-11-18-28-19-12-23-33(39(28)32)35-26-27-36(42(46)41(35)40(34)38)31-20-9-10-21-37(31)45-48-43(29-14-5-3-6-15-29)47-44(49-45)30-16-7-4-8-17-30/h3-27H,1-2H3. The van der Waals surface area contributed by atoms with Crippen LogP contribution in [0, 0.1) is 0 Å². The molecule has 1 aromatic heterocycles. The van der Waals surface area contributed by atoms with Crippen LogP contribution in [0.4, 0.5) is 0 Å². The number of nitrogens with zero attached hydrogens (tertiary/aromatic N) is 3. The van der Waals surface area contributed by atoms with E-state index >= 15 is 0 Å². The predicted octanol–water partition coefficient (Wildman–Crippen LogP) is 11.6. The largest absolute Gasteiger partial charge is 0.208 e. The highest BCUT2D eigenvalue weighted by Gasteiger charge is 2.42. The first-order chi connectivity index (χ1) is 24.1. The molecule has 2 aliphatic rings. The average Bonchev–Trinajstić information content (AvgIpc) is 3.33. The normalized spacial score (nSPS) is 13.3. The highest BCUT2D eigenvalue weighted by molar-refractivity contribution is 6.16. The topological polar surface area (TPSA) is 38.7 Å². The molecule has 7 aromatic carbocycles. The van der Waals surface area contributed by atoms with Crippen LogP contribution in [0.1, 0.15) is 25.0 Å². The number of aromatic nitrogens is 3. The van der Waals surface area contributed by atoms with E-state index in [0.29, 0.717) is 17.5 Å². The second-order valence-corrected chi connectivity index (χ2v) is 13.6. The van der Waals surface area contributed by atoms with Crippen LogP contribution in [0.3, 0.4) is 0 Å². The van der Waals surface area contributed by atoms with Gasteiger partial charge in [-0.2, -0.15) is 0 Å². The molecule has 230 valence electrons. The molecule has 0 fully saturated rings. The Hall–Kier alpha value is -6.19. The third-order valence-corrected chi connectivity index (χ3v) is 10.5. The Bertz CT molecular complexity index is 2560. The predicted molar refractivity (Wildman–Crippen MR) is 201 cm³/mol. The monoisotopic (exact) mass is 625 g/mol. The summed E-state index contributed by atoms with van der Waals surface area (Å²) in [5, 5.41) is 2.60. The minimum atomic E-state index is -0.233. The molecule has 0 atom stereocenters. The van der Waals surface area contributed by atoms with Gasteiger partial charge in [0.25, 0.3) is 0 Å². The van der Waals surface area contributed by atoms with Crippen molar-refractivity contribution >= 4 is 10.8 Å². The van der Waals surface area contributed by atoms with Gasteiger partial charge in [0.05, 0.1) is 0 Å². The van der Waals surface area contributed by atoms with Gasteiger partial charge < -0.3 is 0 Å². The lowest BCUT2D eigenvalue weighted by atomic mass is 9.76. The number of hydrogen-bond donors (Lipinski definition) is 0. The van der Waals surface area contributed by atoms with Crippen molar-refractivity contribution in [3.63, 3.8) is 0 Å². The van der Waals surface area contributed by atoms with E-state index < -0.39 is 0 Å². The van der Waals surface area contributed by atoms with Gasteiger partial charge in [0, 0.05) is 22.1 Å². The van der Waals surface area contributed by atoms with Crippen molar-refractivity contribution in [1.82, 2.24) is 15.0 Å². The van der Waals surface area contributed by atoms with E-state index in [2.05, 4.69) is 129 Å². The molecule has 0 aliphatic heterocycles. The highest BCUT2D eigenvalue weighted by atomic mass is 15.0. The molecule has 0 amide bonds. The lowest BCUT2D eigenvalue weighted by Gasteiger charge is -2.26. The number of rotatable bonds is 4. The van der Waals surface area contributed by atoms with E-state index in [1.807, 2.05) is 36.4 Å². The van der Waals surface area contributed by atoms with Crippen LogP contribution >= 0.6 is 0 Å². The molecule has 3 heteroatoms. The number of fused-ring (bicyclic) bond motifs is 2. The maximum absolute atomic E-state index is 5.14. The third kappa shape index (κ3) is 4.06. The van der Waals surface area contributed by atoms with Gasteiger partial charge in [0.1, 0.15) is 0 Å². The Morgan fingerprint density at radius 3 is 1.51 bits per heavy atom. The Kier molecular flexibility index (Phi) is 5.92. The van der Waals surface area contributed by atoms with Gasteiger partial charge in [-0.15, -0.1) is 0 Å². The van der Waals surface area contributed by atoms with Gasteiger partial charge in [-0.1, -0.05) is 166 Å². The summed E-state index contributed by atoms with van der Waals surface area (Å²) in [5.74, 6) is 1.99. The third-order valence-electron chi connectivity index (χ3n) is 10.5. The van der Waals surface area contributed by atoms with Crippen molar-refractivity contribution in [2.45, 2.75) is 19.3 Å². The molecule has 0 spiro atoms. The second-order valence-electron chi connectivity index (χ2n) is 13.6. The summed E-state index contributed by atoms with van der Waals surface area (Å²) >= 11 is 0. The lowest BCUT2D eigenvalue weighted by molar-refractivity contribution is 0.662. The fourth-order valence-corrected chi connectivity index (χ4v) is 8.29. The lowest BCUT2D eigenvalue weighted by Crippen LogP contribution is -2.16. The second kappa shape index (κ2) is 10.4. The number of hydrogen-bond acceptors (Lipinski definition) is 3. The quantitative estimate of drug-likeness (QED) is 0.195. The first kappa shape index (κ1) is 27.9. The minimum absolute atomic E-state index is 0.233. The molecule has 0 radical (unpaired) electrons. The Morgan fingerprint density at radius 2 is 0.857 bits per heavy atom. The number of benzene rings is 7. The fraction of sp³-hybridized carbons (Fsp3) is 0.0652. The molecule has 3 nitrogen and oxygen atoms in total. The summed E-state index contributed by atoms with van der Waals surface area (Å²) in [5.41, 5.74) is 15.6. The smallest absolute Gasteiger partial charge is 0.164 e. The van der Waals surface area contributed by atoms with Crippen molar-refractivity contribution in [2.24, 2.45) is 0 Å². The van der Waals surface area contributed by atoms with E-state index in [-0.39, 0.29) is 5.41 Å². The Balaban J connectivity index is 1.26.